The standard InChI is InChI=1S/C20H19ClN4O/c1-12-8-9-16(13(2)10-12)24-20-22-14(3)11-18(25-20)19(26)23-17-7-5-4-6-15(17)21/h4-11H,1-3H3,(H,23,26)(H,22,24,25). The first kappa shape index (κ1) is 17.9. The van der Waals surface area contributed by atoms with Gasteiger partial charge in [-0.05, 0) is 50.6 Å². The normalized spacial score (nSPS) is 10.5. The lowest BCUT2D eigenvalue weighted by molar-refractivity contribution is 0.102. The number of aryl methyl sites for hydroxylation is 3. The molecule has 26 heavy (non-hydrogen) atoms. The number of hydrogen-bond acceptors (Lipinski definition) is 4. The summed E-state index contributed by atoms with van der Waals surface area (Å²) in [5.74, 6) is 0.0357. The topological polar surface area (TPSA) is 66.9 Å². The molecule has 0 saturated carbocycles. The molecule has 5 nitrogen and oxygen atoms in total. The van der Waals surface area contributed by atoms with Crippen LogP contribution in [-0.2, 0) is 0 Å². The summed E-state index contributed by atoms with van der Waals surface area (Å²) in [5, 5.41) is 6.43. The van der Waals surface area contributed by atoms with Crippen molar-refractivity contribution in [2.45, 2.75) is 20.8 Å². The lowest BCUT2D eigenvalue weighted by Crippen LogP contribution is -2.15. The second-order valence-corrected chi connectivity index (χ2v) is 6.50. The van der Waals surface area contributed by atoms with Crippen molar-refractivity contribution in [2.75, 3.05) is 10.6 Å². The number of benzene rings is 2. The van der Waals surface area contributed by atoms with Crippen molar-refractivity contribution in [3.8, 4) is 0 Å². The van der Waals surface area contributed by atoms with Crippen molar-refractivity contribution in [3.05, 3.63) is 76.1 Å². The van der Waals surface area contributed by atoms with Gasteiger partial charge in [0.05, 0.1) is 10.7 Å². The Morgan fingerprint density at radius 2 is 1.73 bits per heavy atom. The highest BCUT2D eigenvalue weighted by atomic mass is 35.5. The molecule has 1 aromatic heterocycles. The molecule has 1 heterocycles. The van der Waals surface area contributed by atoms with Crippen LogP contribution in [0.15, 0.2) is 48.5 Å². The first-order valence-corrected chi connectivity index (χ1v) is 8.56. The Balaban J connectivity index is 1.85. The third-order valence-electron chi connectivity index (χ3n) is 3.84. The Kier molecular flexibility index (Phi) is 5.19. The minimum absolute atomic E-state index is 0.268. The van der Waals surface area contributed by atoms with E-state index in [1.54, 1.807) is 30.3 Å². The highest BCUT2D eigenvalue weighted by molar-refractivity contribution is 6.33. The average Bonchev–Trinajstić information content (AvgIpc) is 2.59. The number of rotatable bonds is 4. The number of hydrogen-bond donors (Lipinski definition) is 2. The molecule has 0 saturated heterocycles. The van der Waals surface area contributed by atoms with Gasteiger partial charge in [-0.3, -0.25) is 4.79 Å². The lowest BCUT2D eigenvalue weighted by atomic mass is 10.1. The van der Waals surface area contributed by atoms with Gasteiger partial charge in [-0.2, -0.15) is 0 Å². The molecule has 132 valence electrons. The van der Waals surface area contributed by atoms with E-state index in [4.69, 9.17) is 11.6 Å². The van der Waals surface area contributed by atoms with E-state index in [0.717, 1.165) is 11.3 Å². The Bertz CT molecular complexity index is 972. The third-order valence-corrected chi connectivity index (χ3v) is 4.17. The van der Waals surface area contributed by atoms with Gasteiger partial charge < -0.3 is 10.6 Å². The molecule has 6 heteroatoms. The quantitative estimate of drug-likeness (QED) is 0.678. The molecule has 0 bridgehead atoms. The van der Waals surface area contributed by atoms with Crippen LogP contribution in [0.3, 0.4) is 0 Å². The Labute approximate surface area is 157 Å². The maximum atomic E-state index is 12.5. The number of anilines is 3. The fraction of sp³-hybridized carbons (Fsp3) is 0.150. The molecule has 3 rings (SSSR count). The molecular formula is C20H19ClN4O. The monoisotopic (exact) mass is 366 g/mol. The van der Waals surface area contributed by atoms with Gasteiger partial charge in [0, 0.05) is 11.4 Å². The van der Waals surface area contributed by atoms with Gasteiger partial charge >= 0.3 is 0 Å². The molecule has 0 fully saturated rings. The summed E-state index contributed by atoms with van der Waals surface area (Å²) in [6, 6.07) is 14.8. The van der Waals surface area contributed by atoms with Crippen molar-refractivity contribution in [2.24, 2.45) is 0 Å². The van der Waals surface area contributed by atoms with Gasteiger partial charge in [-0.15, -0.1) is 0 Å². The van der Waals surface area contributed by atoms with E-state index in [1.165, 1.54) is 5.56 Å². The van der Waals surface area contributed by atoms with E-state index in [2.05, 4.69) is 26.7 Å². The van der Waals surface area contributed by atoms with Crippen LogP contribution >= 0.6 is 11.6 Å². The highest BCUT2D eigenvalue weighted by Gasteiger charge is 2.13. The van der Waals surface area contributed by atoms with Crippen LogP contribution in [0.25, 0.3) is 0 Å². The number of amides is 1. The van der Waals surface area contributed by atoms with Crippen LogP contribution < -0.4 is 10.6 Å². The molecular weight excluding hydrogens is 348 g/mol. The average molecular weight is 367 g/mol. The minimum atomic E-state index is -0.340. The van der Waals surface area contributed by atoms with Gasteiger partial charge in [0.25, 0.3) is 5.91 Å². The van der Waals surface area contributed by atoms with E-state index in [0.29, 0.717) is 22.4 Å². The Morgan fingerprint density at radius 1 is 0.962 bits per heavy atom. The zero-order valence-electron chi connectivity index (χ0n) is 14.8. The predicted molar refractivity (Wildman–Crippen MR) is 105 cm³/mol. The van der Waals surface area contributed by atoms with Crippen LogP contribution in [0.4, 0.5) is 17.3 Å². The molecule has 3 aromatic rings. The van der Waals surface area contributed by atoms with Crippen molar-refractivity contribution < 1.29 is 4.79 Å². The van der Waals surface area contributed by atoms with E-state index < -0.39 is 0 Å². The number of carbonyl (C=O) groups is 1. The number of carbonyl (C=O) groups excluding carboxylic acids is 1. The number of nitrogens with zero attached hydrogens (tertiary/aromatic N) is 2. The number of aromatic nitrogens is 2. The van der Waals surface area contributed by atoms with Crippen LogP contribution in [0.5, 0.6) is 0 Å². The molecule has 1 amide bonds. The van der Waals surface area contributed by atoms with Crippen molar-refractivity contribution in [3.63, 3.8) is 0 Å². The SMILES string of the molecule is Cc1ccc(Nc2nc(C)cc(C(=O)Nc3ccccc3Cl)n2)c(C)c1. The molecule has 2 N–H and O–H groups in total. The summed E-state index contributed by atoms with van der Waals surface area (Å²) >= 11 is 6.10. The first-order chi connectivity index (χ1) is 12.4. The van der Waals surface area contributed by atoms with E-state index in [1.807, 2.05) is 32.9 Å². The van der Waals surface area contributed by atoms with E-state index >= 15 is 0 Å². The van der Waals surface area contributed by atoms with Crippen molar-refractivity contribution >= 4 is 34.8 Å². The summed E-state index contributed by atoms with van der Waals surface area (Å²) in [5.41, 5.74) is 4.66. The summed E-state index contributed by atoms with van der Waals surface area (Å²) in [6.07, 6.45) is 0. The smallest absolute Gasteiger partial charge is 0.274 e. The number of para-hydroxylation sites is 1. The highest BCUT2D eigenvalue weighted by Crippen LogP contribution is 2.22. The first-order valence-electron chi connectivity index (χ1n) is 8.18. The summed E-state index contributed by atoms with van der Waals surface area (Å²) < 4.78 is 0. The maximum Gasteiger partial charge on any atom is 0.274 e. The fourth-order valence-corrected chi connectivity index (χ4v) is 2.75. The lowest BCUT2D eigenvalue weighted by Gasteiger charge is -2.11. The van der Waals surface area contributed by atoms with Gasteiger partial charge in [0.15, 0.2) is 0 Å². The summed E-state index contributed by atoms with van der Waals surface area (Å²) in [4.78, 5) is 21.3. The molecule has 0 aliphatic heterocycles. The fourth-order valence-electron chi connectivity index (χ4n) is 2.56. The second-order valence-electron chi connectivity index (χ2n) is 6.10. The van der Waals surface area contributed by atoms with E-state index in [9.17, 15) is 4.79 Å². The molecule has 0 aliphatic carbocycles. The summed E-state index contributed by atoms with van der Waals surface area (Å²) in [6.45, 7) is 5.87. The van der Waals surface area contributed by atoms with Crippen LogP contribution in [-0.4, -0.2) is 15.9 Å². The minimum Gasteiger partial charge on any atom is -0.324 e. The second kappa shape index (κ2) is 7.54. The van der Waals surface area contributed by atoms with Gasteiger partial charge in [0.1, 0.15) is 5.69 Å². The van der Waals surface area contributed by atoms with Crippen LogP contribution in [0, 0.1) is 20.8 Å². The number of nitrogens with one attached hydrogen (secondary N) is 2. The molecule has 0 aliphatic rings. The van der Waals surface area contributed by atoms with Crippen molar-refractivity contribution in [1.82, 2.24) is 9.97 Å². The van der Waals surface area contributed by atoms with Gasteiger partial charge in [0.2, 0.25) is 5.95 Å². The Morgan fingerprint density at radius 3 is 2.46 bits per heavy atom. The van der Waals surface area contributed by atoms with E-state index in [-0.39, 0.29) is 11.6 Å². The zero-order valence-corrected chi connectivity index (χ0v) is 15.6. The van der Waals surface area contributed by atoms with Gasteiger partial charge in [-0.25, -0.2) is 9.97 Å². The molecule has 0 unspecified atom stereocenters. The summed E-state index contributed by atoms with van der Waals surface area (Å²) in [7, 11) is 0. The van der Waals surface area contributed by atoms with Gasteiger partial charge in [-0.1, -0.05) is 41.4 Å². The largest absolute Gasteiger partial charge is 0.324 e. The molecule has 0 spiro atoms. The van der Waals surface area contributed by atoms with Crippen LogP contribution in [0.2, 0.25) is 5.02 Å². The molecule has 2 aromatic carbocycles. The van der Waals surface area contributed by atoms with Crippen molar-refractivity contribution in [1.29, 1.82) is 0 Å². The zero-order chi connectivity index (χ0) is 18.7. The maximum absolute atomic E-state index is 12.5. The Hall–Kier alpha value is -2.92. The predicted octanol–water partition coefficient (Wildman–Crippen LogP) is 5.05. The molecule has 0 radical (unpaired) electrons. The van der Waals surface area contributed by atoms with Crippen LogP contribution in [0.1, 0.15) is 27.3 Å². The molecule has 0 atom stereocenters. The third kappa shape index (κ3) is 4.18. The number of halogens is 1.